The number of aliphatic hydroxyl groups is 1. The molecule has 0 spiro atoms. The summed E-state index contributed by atoms with van der Waals surface area (Å²) in [6.45, 7) is 3.29. The molecule has 1 heterocycles. The van der Waals surface area contributed by atoms with Crippen LogP contribution >= 0.6 is 11.3 Å². The van der Waals surface area contributed by atoms with Gasteiger partial charge >= 0.3 is 0 Å². The predicted octanol–water partition coefficient (Wildman–Crippen LogP) is 3.77. The Labute approximate surface area is 128 Å². The second-order valence-corrected chi connectivity index (χ2v) is 6.19. The van der Waals surface area contributed by atoms with Crippen molar-refractivity contribution in [2.75, 3.05) is 0 Å². The molecule has 0 bridgehead atoms. The van der Waals surface area contributed by atoms with Crippen molar-refractivity contribution < 1.29 is 9.90 Å². The van der Waals surface area contributed by atoms with E-state index >= 15 is 0 Å². The molecular formula is C18H16O2S. The van der Waals surface area contributed by atoms with Gasteiger partial charge in [-0.25, -0.2) is 0 Å². The first-order chi connectivity index (χ1) is 9.94. The van der Waals surface area contributed by atoms with Crippen LogP contribution in [-0.4, -0.2) is 16.5 Å². The van der Waals surface area contributed by atoms with Gasteiger partial charge in [0.05, 0.1) is 4.88 Å². The number of carbonyl (C=O) groups is 1. The maximum absolute atomic E-state index is 11.9. The molecule has 0 amide bonds. The van der Waals surface area contributed by atoms with Crippen LogP contribution < -0.4 is 0 Å². The topological polar surface area (TPSA) is 37.3 Å². The van der Waals surface area contributed by atoms with Crippen LogP contribution in [0.25, 0.3) is 6.08 Å². The molecular weight excluding hydrogens is 280 g/mol. The van der Waals surface area contributed by atoms with Crippen molar-refractivity contribution in [2.45, 2.75) is 19.4 Å². The van der Waals surface area contributed by atoms with Gasteiger partial charge in [0.1, 0.15) is 5.60 Å². The fourth-order valence-electron chi connectivity index (χ4n) is 1.58. The number of benzene rings is 1. The smallest absolute Gasteiger partial charge is 0.185 e. The van der Waals surface area contributed by atoms with E-state index in [9.17, 15) is 9.90 Å². The average Bonchev–Trinajstić information content (AvgIpc) is 2.91. The Morgan fingerprint density at radius 1 is 1.19 bits per heavy atom. The molecule has 0 radical (unpaired) electrons. The van der Waals surface area contributed by atoms with Crippen molar-refractivity contribution in [3.63, 3.8) is 0 Å². The van der Waals surface area contributed by atoms with Crippen LogP contribution in [0.5, 0.6) is 0 Å². The van der Waals surface area contributed by atoms with Gasteiger partial charge in [-0.3, -0.25) is 4.79 Å². The molecule has 1 N–H and O–H groups in total. The van der Waals surface area contributed by atoms with Crippen molar-refractivity contribution >= 4 is 23.2 Å². The van der Waals surface area contributed by atoms with Crippen LogP contribution in [0, 0.1) is 11.8 Å². The lowest BCUT2D eigenvalue weighted by Gasteiger charge is -2.05. The van der Waals surface area contributed by atoms with Gasteiger partial charge in [0.25, 0.3) is 0 Å². The molecule has 0 fully saturated rings. The first-order valence-corrected chi connectivity index (χ1v) is 7.38. The quantitative estimate of drug-likeness (QED) is 0.532. The molecule has 0 atom stereocenters. The molecule has 2 nitrogen and oxygen atoms in total. The van der Waals surface area contributed by atoms with Crippen molar-refractivity contribution in [3.8, 4) is 11.8 Å². The molecule has 0 saturated carbocycles. The zero-order chi connectivity index (χ0) is 15.3. The summed E-state index contributed by atoms with van der Waals surface area (Å²) in [6, 6.07) is 13.0. The summed E-state index contributed by atoms with van der Waals surface area (Å²) in [4.78, 5) is 13.8. The third kappa shape index (κ3) is 5.03. The van der Waals surface area contributed by atoms with Crippen LogP contribution in [0.15, 0.2) is 48.5 Å². The van der Waals surface area contributed by atoms with Crippen molar-refractivity contribution in [2.24, 2.45) is 0 Å². The summed E-state index contributed by atoms with van der Waals surface area (Å²) >= 11 is 1.49. The number of allylic oxidation sites excluding steroid dienone is 1. The summed E-state index contributed by atoms with van der Waals surface area (Å²) in [5.41, 5.74) is -0.323. The first-order valence-electron chi connectivity index (χ1n) is 6.57. The van der Waals surface area contributed by atoms with Gasteiger partial charge in [-0.05, 0) is 38.1 Å². The molecule has 1 aromatic heterocycles. The van der Waals surface area contributed by atoms with E-state index in [4.69, 9.17) is 0 Å². The summed E-state index contributed by atoms with van der Waals surface area (Å²) in [5.74, 6) is 5.67. The largest absolute Gasteiger partial charge is 0.378 e. The summed E-state index contributed by atoms with van der Waals surface area (Å²) in [5, 5.41) is 9.56. The van der Waals surface area contributed by atoms with Gasteiger partial charge in [-0.2, -0.15) is 0 Å². The lowest BCUT2D eigenvalue weighted by Crippen LogP contribution is -2.14. The Bertz CT molecular complexity index is 707. The normalized spacial score (nSPS) is 11.2. The fourth-order valence-corrected chi connectivity index (χ4v) is 2.34. The molecule has 0 aliphatic rings. The Kier molecular flexibility index (Phi) is 4.74. The standard InChI is InChI=1S/C18H16O2S/c1-18(2,20)13-12-16-9-8-15(21-16)10-11-17(19)14-6-4-3-5-7-14/h3-11,20H,1-2H3/b11-10+. The molecule has 2 rings (SSSR count). The minimum Gasteiger partial charge on any atom is -0.378 e. The van der Waals surface area contributed by atoms with Crippen LogP contribution in [0.1, 0.15) is 34.0 Å². The fraction of sp³-hybridized carbons (Fsp3) is 0.167. The van der Waals surface area contributed by atoms with Gasteiger partial charge < -0.3 is 5.11 Å². The minimum atomic E-state index is -0.997. The SMILES string of the molecule is CC(C)(O)C#Cc1ccc(/C=C/C(=O)c2ccccc2)s1. The lowest BCUT2D eigenvalue weighted by atomic mass is 10.1. The highest BCUT2D eigenvalue weighted by atomic mass is 32.1. The number of hydrogen-bond donors (Lipinski definition) is 1. The molecule has 2 aromatic rings. The van der Waals surface area contributed by atoms with E-state index in [1.165, 1.54) is 11.3 Å². The summed E-state index contributed by atoms with van der Waals surface area (Å²) < 4.78 is 0. The van der Waals surface area contributed by atoms with Crippen LogP contribution in [0.4, 0.5) is 0 Å². The van der Waals surface area contributed by atoms with E-state index in [1.807, 2.05) is 30.3 Å². The van der Waals surface area contributed by atoms with Crippen molar-refractivity contribution in [3.05, 3.63) is 63.9 Å². The highest BCUT2D eigenvalue weighted by molar-refractivity contribution is 7.13. The van der Waals surface area contributed by atoms with E-state index in [0.717, 1.165) is 9.75 Å². The minimum absolute atomic E-state index is 0.0203. The van der Waals surface area contributed by atoms with Gasteiger partial charge in [0, 0.05) is 10.4 Å². The Morgan fingerprint density at radius 3 is 2.57 bits per heavy atom. The number of thiophene rings is 1. The van der Waals surface area contributed by atoms with E-state index in [-0.39, 0.29) is 5.78 Å². The van der Waals surface area contributed by atoms with E-state index in [2.05, 4.69) is 11.8 Å². The van der Waals surface area contributed by atoms with E-state index < -0.39 is 5.60 Å². The molecule has 1 aromatic carbocycles. The first kappa shape index (κ1) is 15.2. The average molecular weight is 296 g/mol. The highest BCUT2D eigenvalue weighted by Gasteiger charge is 2.06. The lowest BCUT2D eigenvalue weighted by molar-refractivity contribution is 0.104. The number of rotatable bonds is 3. The second kappa shape index (κ2) is 6.53. The summed E-state index contributed by atoms with van der Waals surface area (Å²) in [6.07, 6.45) is 3.35. The van der Waals surface area contributed by atoms with Crippen LogP contribution in [0.2, 0.25) is 0 Å². The van der Waals surface area contributed by atoms with E-state index in [0.29, 0.717) is 5.56 Å². The highest BCUT2D eigenvalue weighted by Crippen LogP contribution is 2.17. The number of carbonyl (C=O) groups excluding carboxylic acids is 1. The molecule has 0 aliphatic heterocycles. The Hall–Kier alpha value is -2.15. The zero-order valence-electron chi connectivity index (χ0n) is 12.0. The van der Waals surface area contributed by atoms with Gasteiger partial charge in [0.15, 0.2) is 5.78 Å². The molecule has 106 valence electrons. The number of hydrogen-bond acceptors (Lipinski definition) is 3. The Morgan fingerprint density at radius 2 is 1.90 bits per heavy atom. The second-order valence-electron chi connectivity index (χ2n) is 5.07. The van der Waals surface area contributed by atoms with Gasteiger partial charge in [0.2, 0.25) is 0 Å². The molecule has 21 heavy (non-hydrogen) atoms. The maximum Gasteiger partial charge on any atom is 0.185 e. The summed E-state index contributed by atoms with van der Waals surface area (Å²) in [7, 11) is 0. The monoisotopic (exact) mass is 296 g/mol. The van der Waals surface area contributed by atoms with Gasteiger partial charge in [-0.15, -0.1) is 11.3 Å². The third-order valence-corrected chi connectivity index (χ3v) is 3.54. The Balaban J connectivity index is 2.07. The predicted molar refractivity (Wildman–Crippen MR) is 87.3 cm³/mol. The molecule has 0 aliphatic carbocycles. The number of ketones is 1. The third-order valence-electron chi connectivity index (χ3n) is 2.58. The molecule has 0 saturated heterocycles. The molecule has 0 unspecified atom stereocenters. The molecule has 3 heteroatoms. The van der Waals surface area contributed by atoms with Crippen molar-refractivity contribution in [1.82, 2.24) is 0 Å². The zero-order valence-corrected chi connectivity index (χ0v) is 12.8. The van der Waals surface area contributed by atoms with E-state index in [1.54, 1.807) is 38.1 Å². The van der Waals surface area contributed by atoms with Gasteiger partial charge in [-0.1, -0.05) is 42.2 Å². The maximum atomic E-state index is 11.9. The van der Waals surface area contributed by atoms with Crippen molar-refractivity contribution in [1.29, 1.82) is 0 Å². The van der Waals surface area contributed by atoms with Crippen LogP contribution in [0.3, 0.4) is 0 Å². The van der Waals surface area contributed by atoms with Crippen LogP contribution in [-0.2, 0) is 0 Å².